The second kappa shape index (κ2) is 10.1. The highest BCUT2D eigenvalue weighted by molar-refractivity contribution is 5.99. The molecule has 0 unspecified atom stereocenters. The highest BCUT2D eigenvalue weighted by Crippen LogP contribution is 2.57. The summed E-state index contributed by atoms with van der Waals surface area (Å²) < 4.78 is 14.5. The zero-order chi connectivity index (χ0) is 25.2. The molecule has 1 amide bonds. The summed E-state index contributed by atoms with van der Waals surface area (Å²) in [7, 11) is 2.06. The molecule has 190 valence electrons. The smallest absolute Gasteiger partial charge is 0.257 e. The second-order valence-electron chi connectivity index (χ2n) is 11.2. The number of nitrogens with zero attached hydrogens (tertiary/aromatic N) is 4. The Morgan fingerprint density at radius 3 is 2.56 bits per heavy atom. The Labute approximate surface area is 212 Å². The van der Waals surface area contributed by atoms with Crippen LogP contribution in [0.2, 0.25) is 0 Å². The largest absolute Gasteiger partial charge is 0.369 e. The standard InChI is InChI=1S/C28H35FN6O/c1-35-14-12-28(13-15-35,16-21-4-2-3-5-23(21)29)34-26(36)22-19-31-24(17-30)33-25(22)32-18-20-6-8-27(9-7-20)10-11-27/h2-5,19-20H,6-16,18H2,1H3,(H,34,36)(H,31,32,33). The normalized spacial score (nSPS) is 21.0. The SMILES string of the molecule is CN1CCC(Cc2ccccc2F)(NC(=O)c2cnc(C#N)nc2NCC2CCC3(CC2)CC3)CC1. The van der Waals surface area contributed by atoms with Gasteiger partial charge in [-0.3, -0.25) is 4.79 Å². The van der Waals surface area contributed by atoms with Gasteiger partial charge in [0.1, 0.15) is 23.3 Å². The van der Waals surface area contributed by atoms with E-state index in [1.165, 1.54) is 50.8 Å². The maximum absolute atomic E-state index is 14.5. The van der Waals surface area contributed by atoms with Gasteiger partial charge in [0.25, 0.3) is 5.91 Å². The molecule has 2 saturated carbocycles. The number of hydrogen-bond acceptors (Lipinski definition) is 6. The highest BCUT2D eigenvalue weighted by atomic mass is 19.1. The fourth-order valence-electron chi connectivity index (χ4n) is 5.86. The third kappa shape index (κ3) is 5.52. The molecule has 1 spiro atoms. The number of likely N-dealkylation sites (tertiary alicyclic amines) is 1. The number of anilines is 1. The number of rotatable bonds is 7. The van der Waals surface area contributed by atoms with Crippen LogP contribution in [0.3, 0.4) is 0 Å². The molecule has 3 fully saturated rings. The zero-order valence-corrected chi connectivity index (χ0v) is 21.0. The Bertz CT molecular complexity index is 1140. The van der Waals surface area contributed by atoms with E-state index in [0.29, 0.717) is 47.5 Å². The van der Waals surface area contributed by atoms with Crippen LogP contribution in [0.15, 0.2) is 30.5 Å². The average Bonchev–Trinajstić information content (AvgIpc) is 3.65. The summed E-state index contributed by atoms with van der Waals surface area (Å²) in [5, 5.41) is 16.0. The van der Waals surface area contributed by atoms with Crippen LogP contribution in [-0.2, 0) is 6.42 Å². The number of piperidine rings is 1. The first-order chi connectivity index (χ1) is 17.4. The quantitative estimate of drug-likeness (QED) is 0.601. The van der Waals surface area contributed by atoms with Gasteiger partial charge in [-0.15, -0.1) is 0 Å². The molecular formula is C28H35FN6O. The van der Waals surface area contributed by atoms with Gasteiger partial charge in [-0.25, -0.2) is 14.4 Å². The van der Waals surface area contributed by atoms with Gasteiger partial charge in [0.15, 0.2) is 0 Å². The molecule has 1 aromatic carbocycles. The molecule has 1 saturated heterocycles. The average molecular weight is 491 g/mol. The summed E-state index contributed by atoms with van der Waals surface area (Å²) in [6.45, 7) is 2.35. The number of hydrogen-bond donors (Lipinski definition) is 2. The Morgan fingerprint density at radius 2 is 1.89 bits per heavy atom. The van der Waals surface area contributed by atoms with Crippen molar-refractivity contribution in [2.45, 2.75) is 63.3 Å². The van der Waals surface area contributed by atoms with Crippen LogP contribution in [-0.4, -0.2) is 53.0 Å². The second-order valence-corrected chi connectivity index (χ2v) is 11.2. The van der Waals surface area contributed by atoms with Crippen LogP contribution in [0.4, 0.5) is 10.2 Å². The lowest BCUT2D eigenvalue weighted by Crippen LogP contribution is -2.56. The van der Waals surface area contributed by atoms with Crippen molar-refractivity contribution in [3.05, 3.63) is 53.2 Å². The van der Waals surface area contributed by atoms with Gasteiger partial charge in [-0.1, -0.05) is 18.2 Å². The first-order valence-corrected chi connectivity index (χ1v) is 13.1. The first kappa shape index (κ1) is 24.6. The van der Waals surface area contributed by atoms with E-state index in [1.807, 2.05) is 12.1 Å². The number of carbonyl (C=O) groups excluding carboxylic acids is 1. The van der Waals surface area contributed by atoms with Gasteiger partial charge < -0.3 is 15.5 Å². The maximum atomic E-state index is 14.5. The van der Waals surface area contributed by atoms with Crippen LogP contribution in [0.25, 0.3) is 0 Å². The van der Waals surface area contributed by atoms with Gasteiger partial charge in [-0.05, 0) is 87.8 Å². The van der Waals surface area contributed by atoms with E-state index < -0.39 is 5.54 Å². The maximum Gasteiger partial charge on any atom is 0.257 e. The molecule has 8 heteroatoms. The molecule has 3 aliphatic rings. The summed E-state index contributed by atoms with van der Waals surface area (Å²) in [5.74, 6) is 0.432. The first-order valence-electron chi connectivity index (χ1n) is 13.1. The molecule has 0 bridgehead atoms. The molecule has 7 nitrogen and oxygen atoms in total. The van der Waals surface area contributed by atoms with Crippen molar-refractivity contribution in [2.75, 3.05) is 32.0 Å². The lowest BCUT2D eigenvalue weighted by Gasteiger charge is -2.41. The number of nitriles is 1. The summed E-state index contributed by atoms with van der Waals surface area (Å²) in [6, 6.07) is 8.75. The molecule has 1 aliphatic heterocycles. The third-order valence-electron chi connectivity index (χ3n) is 8.62. The van der Waals surface area contributed by atoms with E-state index in [0.717, 1.165) is 19.6 Å². The molecule has 5 rings (SSSR count). The molecule has 1 aromatic heterocycles. The van der Waals surface area contributed by atoms with E-state index in [9.17, 15) is 14.4 Å². The van der Waals surface area contributed by atoms with Crippen LogP contribution < -0.4 is 10.6 Å². The zero-order valence-electron chi connectivity index (χ0n) is 21.0. The lowest BCUT2D eigenvalue weighted by molar-refractivity contribution is 0.0828. The topological polar surface area (TPSA) is 93.9 Å². The van der Waals surface area contributed by atoms with Crippen LogP contribution in [0.5, 0.6) is 0 Å². The van der Waals surface area contributed by atoms with Gasteiger partial charge in [0.2, 0.25) is 5.82 Å². The molecule has 2 N–H and O–H groups in total. The molecule has 0 atom stereocenters. The minimum absolute atomic E-state index is 0.0370. The summed E-state index contributed by atoms with van der Waals surface area (Å²) >= 11 is 0. The number of nitrogens with one attached hydrogen (secondary N) is 2. The number of benzene rings is 1. The van der Waals surface area contributed by atoms with Crippen molar-refractivity contribution in [1.82, 2.24) is 20.2 Å². The molecular weight excluding hydrogens is 455 g/mol. The highest BCUT2D eigenvalue weighted by Gasteiger charge is 2.44. The lowest BCUT2D eigenvalue weighted by atomic mass is 9.80. The van der Waals surface area contributed by atoms with Gasteiger partial charge in [0.05, 0.1) is 0 Å². The summed E-state index contributed by atoms with van der Waals surface area (Å²) in [6.07, 6.45) is 11.0. The van der Waals surface area contributed by atoms with Gasteiger partial charge in [-0.2, -0.15) is 5.26 Å². The fourth-order valence-corrected chi connectivity index (χ4v) is 5.86. The third-order valence-corrected chi connectivity index (χ3v) is 8.62. The number of amides is 1. The Hall–Kier alpha value is -3.05. The number of aromatic nitrogens is 2. The van der Waals surface area contributed by atoms with Crippen molar-refractivity contribution < 1.29 is 9.18 Å². The Kier molecular flexibility index (Phi) is 6.94. The molecule has 36 heavy (non-hydrogen) atoms. The minimum Gasteiger partial charge on any atom is -0.369 e. The Balaban J connectivity index is 1.33. The van der Waals surface area contributed by atoms with Crippen molar-refractivity contribution in [3.63, 3.8) is 0 Å². The minimum atomic E-state index is -0.571. The molecule has 2 aliphatic carbocycles. The van der Waals surface area contributed by atoms with Crippen molar-refractivity contribution in [2.24, 2.45) is 11.3 Å². The van der Waals surface area contributed by atoms with E-state index in [2.05, 4.69) is 32.5 Å². The molecule has 0 radical (unpaired) electrons. The summed E-state index contributed by atoms with van der Waals surface area (Å²) in [5.41, 5.74) is 0.988. The van der Waals surface area contributed by atoms with Crippen LogP contribution >= 0.6 is 0 Å². The van der Waals surface area contributed by atoms with Gasteiger partial charge in [0, 0.05) is 31.4 Å². The van der Waals surface area contributed by atoms with Crippen molar-refractivity contribution in [1.29, 1.82) is 5.26 Å². The fraction of sp³-hybridized carbons (Fsp3) is 0.571. The van der Waals surface area contributed by atoms with E-state index in [1.54, 1.807) is 12.1 Å². The van der Waals surface area contributed by atoms with Crippen LogP contribution in [0.1, 0.15) is 73.1 Å². The molecule has 2 aromatic rings. The molecule has 2 heterocycles. The Morgan fingerprint density at radius 1 is 1.17 bits per heavy atom. The predicted octanol–water partition coefficient (Wildman–Crippen LogP) is 4.31. The van der Waals surface area contributed by atoms with Gasteiger partial charge >= 0.3 is 0 Å². The van der Waals surface area contributed by atoms with Crippen LogP contribution in [0, 0.1) is 28.5 Å². The van der Waals surface area contributed by atoms with E-state index in [-0.39, 0.29) is 17.5 Å². The number of halogens is 1. The van der Waals surface area contributed by atoms with E-state index >= 15 is 0 Å². The van der Waals surface area contributed by atoms with Crippen molar-refractivity contribution >= 4 is 11.7 Å². The monoisotopic (exact) mass is 490 g/mol. The number of carbonyl (C=O) groups is 1. The summed E-state index contributed by atoms with van der Waals surface area (Å²) in [4.78, 5) is 24.3. The predicted molar refractivity (Wildman–Crippen MR) is 136 cm³/mol. The van der Waals surface area contributed by atoms with Crippen molar-refractivity contribution in [3.8, 4) is 6.07 Å². The van der Waals surface area contributed by atoms with E-state index in [4.69, 9.17) is 0 Å².